The lowest BCUT2D eigenvalue weighted by atomic mass is 9.91. The summed E-state index contributed by atoms with van der Waals surface area (Å²) in [6.45, 7) is 2.20. The molecular weight excluding hydrogens is 264 g/mol. The van der Waals surface area contributed by atoms with Gasteiger partial charge < -0.3 is 20.1 Å². The first-order valence-corrected chi connectivity index (χ1v) is 7.91. The topological polar surface area (TPSA) is 57.3 Å². The van der Waals surface area contributed by atoms with Crippen molar-refractivity contribution in [2.45, 2.75) is 31.7 Å². The number of hydrogen-bond donors (Lipinski definition) is 3. The van der Waals surface area contributed by atoms with Crippen LogP contribution in [0.2, 0.25) is 0 Å². The maximum Gasteiger partial charge on any atom is 0.0697 e. The van der Waals surface area contributed by atoms with E-state index in [1.54, 1.807) is 0 Å². The summed E-state index contributed by atoms with van der Waals surface area (Å²) in [7, 11) is 0. The van der Waals surface area contributed by atoms with Crippen LogP contribution in [0, 0.1) is 0 Å². The Hall–Kier alpha value is -1.36. The molecule has 3 N–H and O–H groups in total. The quantitative estimate of drug-likeness (QED) is 0.686. The number of H-pyrrole nitrogens is 1. The highest BCUT2D eigenvalue weighted by Crippen LogP contribution is 2.34. The molecule has 1 aliphatic rings. The number of aromatic amines is 1. The summed E-state index contributed by atoms with van der Waals surface area (Å²) in [4.78, 5) is 3.60. The van der Waals surface area contributed by atoms with Crippen molar-refractivity contribution < 1.29 is 9.84 Å². The Kier molecular flexibility index (Phi) is 4.91. The lowest BCUT2D eigenvalue weighted by Gasteiger charge is -2.24. The van der Waals surface area contributed by atoms with Crippen molar-refractivity contribution in [3.8, 4) is 0 Å². The molecule has 1 aromatic carbocycles. The molecule has 0 aliphatic heterocycles. The Balaban J connectivity index is 1.61. The van der Waals surface area contributed by atoms with Crippen molar-refractivity contribution in [1.82, 2.24) is 10.3 Å². The second-order valence-electron chi connectivity index (χ2n) is 5.65. The second kappa shape index (κ2) is 7.07. The minimum absolute atomic E-state index is 0.106. The van der Waals surface area contributed by atoms with Gasteiger partial charge in [-0.05, 0) is 43.9 Å². The Morgan fingerprint density at radius 1 is 1.29 bits per heavy atom. The number of aromatic nitrogens is 1. The number of benzene rings is 1. The Morgan fingerprint density at radius 3 is 3.10 bits per heavy atom. The third-order valence-electron chi connectivity index (χ3n) is 4.21. The third-order valence-corrected chi connectivity index (χ3v) is 4.21. The molecule has 0 bridgehead atoms. The monoisotopic (exact) mass is 288 g/mol. The number of aliphatic hydroxyl groups excluding tert-OH is 1. The molecule has 1 aliphatic carbocycles. The maximum absolute atomic E-state index is 8.66. The molecule has 2 aromatic rings. The van der Waals surface area contributed by atoms with Crippen molar-refractivity contribution in [2.75, 3.05) is 26.4 Å². The van der Waals surface area contributed by atoms with Crippen molar-refractivity contribution in [1.29, 1.82) is 0 Å². The summed E-state index contributed by atoms with van der Waals surface area (Å²) in [6.07, 6.45) is 4.59. The van der Waals surface area contributed by atoms with Gasteiger partial charge >= 0.3 is 0 Å². The van der Waals surface area contributed by atoms with Crippen molar-refractivity contribution in [3.63, 3.8) is 0 Å². The lowest BCUT2D eigenvalue weighted by molar-refractivity contribution is 0.0903. The van der Waals surface area contributed by atoms with Gasteiger partial charge in [-0.15, -0.1) is 0 Å². The Labute approximate surface area is 125 Å². The zero-order chi connectivity index (χ0) is 14.5. The van der Waals surface area contributed by atoms with E-state index in [0.29, 0.717) is 19.3 Å². The van der Waals surface area contributed by atoms with Crippen LogP contribution < -0.4 is 5.32 Å². The molecule has 21 heavy (non-hydrogen) atoms. The number of rotatable bonds is 7. The van der Waals surface area contributed by atoms with E-state index in [1.165, 1.54) is 41.4 Å². The van der Waals surface area contributed by atoms with Gasteiger partial charge in [0.25, 0.3) is 0 Å². The van der Waals surface area contributed by atoms with Crippen LogP contribution in [0.4, 0.5) is 0 Å². The van der Waals surface area contributed by atoms with Crippen molar-refractivity contribution in [2.24, 2.45) is 0 Å². The number of aryl methyl sites for hydroxylation is 1. The number of hydrogen-bond acceptors (Lipinski definition) is 3. The summed E-state index contributed by atoms with van der Waals surface area (Å²) in [5.74, 6) is 0. The average molecular weight is 288 g/mol. The highest BCUT2D eigenvalue weighted by molar-refractivity contribution is 5.85. The summed E-state index contributed by atoms with van der Waals surface area (Å²) in [5.41, 5.74) is 4.12. The molecule has 0 saturated heterocycles. The van der Waals surface area contributed by atoms with Crippen LogP contribution in [0.25, 0.3) is 10.9 Å². The molecule has 0 fully saturated rings. The van der Waals surface area contributed by atoms with Gasteiger partial charge in [0.1, 0.15) is 0 Å². The molecule has 0 amide bonds. The minimum atomic E-state index is 0.106. The van der Waals surface area contributed by atoms with Crippen molar-refractivity contribution >= 4 is 10.9 Å². The molecular formula is C17H24N2O2. The number of fused-ring (bicyclic) bond motifs is 3. The summed E-state index contributed by atoms with van der Waals surface area (Å²) in [5, 5.41) is 13.7. The van der Waals surface area contributed by atoms with Gasteiger partial charge in [-0.2, -0.15) is 0 Å². The van der Waals surface area contributed by atoms with Crippen LogP contribution >= 0.6 is 0 Å². The number of aliphatic hydroxyl groups is 1. The van der Waals surface area contributed by atoms with Gasteiger partial charge in [-0.25, -0.2) is 0 Å². The fraction of sp³-hybridized carbons (Fsp3) is 0.529. The van der Waals surface area contributed by atoms with Gasteiger partial charge in [0.05, 0.1) is 13.2 Å². The van der Waals surface area contributed by atoms with Crippen LogP contribution in [-0.2, 0) is 11.2 Å². The zero-order valence-corrected chi connectivity index (χ0v) is 12.4. The van der Waals surface area contributed by atoms with E-state index in [-0.39, 0.29) is 6.61 Å². The molecule has 1 heterocycles. The van der Waals surface area contributed by atoms with E-state index in [0.717, 1.165) is 13.0 Å². The minimum Gasteiger partial charge on any atom is -0.394 e. The lowest BCUT2D eigenvalue weighted by Crippen LogP contribution is -2.26. The van der Waals surface area contributed by atoms with E-state index in [2.05, 4.69) is 34.6 Å². The highest BCUT2D eigenvalue weighted by Gasteiger charge is 2.23. The fourth-order valence-electron chi connectivity index (χ4n) is 3.24. The van der Waals surface area contributed by atoms with Gasteiger partial charge in [-0.3, -0.25) is 0 Å². The summed E-state index contributed by atoms with van der Waals surface area (Å²) >= 11 is 0. The largest absolute Gasteiger partial charge is 0.394 e. The molecule has 0 radical (unpaired) electrons. The van der Waals surface area contributed by atoms with Gasteiger partial charge in [0, 0.05) is 29.2 Å². The standard InChI is InChI=1S/C17H24N2O2/c20-10-12-21-11-4-9-18-16-8-3-6-14-13-5-1-2-7-15(13)19-17(14)16/h1-2,5,7,16,18-20H,3-4,6,8-12H2. The molecule has 114 valence electrons. The molecule has 0 spiro atoms. The first kappa shape index (κ1) is 14.6. The summed E-state index contributed by atoms with van der Waals surface area (Å²) in [6, 6.07) is 9.01. The predicted molar refractivity (Wildman–Crippen MR) is 84.5 cm³/mol. The second-order valence-corrected chi connectivity index (χ2v) is 5.65. The Bertz CT molecular complexity index is 579. The smallest absolute Gasteiger partial charge is 0.0697 e. The van der Waals surface area contributed by atoms with E-state index in [4.69, 9.17) is 9.84 Å². The average Bonchev–Trinajstić information content (AvgIpc) is 2.90. The molecule has 4 nitrogen and oxygen atoms in total. The normalized spacial score (nSPS) is 18.0. The van der Waals surface area contributed by atoms with Crippen molar-refractivity contribution in [3.05, 3.63) is 35.5 Å². The van der Waals surface area contributed by atoms with E-state index in [9.17, 15) is 0 Å². The van der Waals surface area contributed by atoms with Gasteiger partial charge in [0.2, 0.25) is 0 Å². The maximum atomic E-state index is 8.66. The predicted octanol–water partition coefficient (Wildman–Crippen LogP) is 2.53. The zero-order valence-electron chi connectivity index (χ0n) is 12.4. The third kappa shape index (κ3) is 3.28. The van der Waals surface area contributed by atoms with Gasteiger partial charge in [0.15, 0.2) is 0 Å². The molecule has 1 atom stereocenters. The number of ether oxygens (including phenoxy) is 1. The SMILES string of the molecule is OCCOCCCNC1CCCc2c1[nH]c1ccccc21. The first-order valence-electron chi connectivity index (χ1n) is 7.91. The first-order chi connectivity index (χ1) is 10.4. The molecule has 1 unspecified atom stereocenters. The molecule has 4 heteroatoms. The molecule has 0 saturated carbocycles. The van der Waals surface area contributed by atoms with Crippen LogP contribution in [0.1, 0.15) is 36.6 Å². The van der Waals surface area contributed by atoms with E-state index in [1.807, 2.05) is 0 Å². The van der Waals surface area contributed by atoms with Crippen LogP contribution in [-0.4, -0.2) is 36.5 Å². The van der Waals surface area contributed by atoms with Crippen LogP contribution in [0.3, 0.4) is 0 Å². The number of para-hydroxylation sites is 1. The van der Waals surface area contributed by atoms with E-state index < -0.39 is 0 Å². The van der Waals surface area contributed by atoms with Gasteiger partial charge in [-0.1, -0.05) is 18.2 Å². The van der Waals surface area contributed by atoms with E-state index >= 15 is 0 Å². The van der Waals surface area contributed by atoms with Crippen LogP contribution in [0.15, 0.2) is 24.3 Å². The molecule has 1 aromatic heterocycles. The van der Waals surface area contributed by atoms with Crippen LogP contribution in [0.5, 0.6) is 0 Å². The Morgan fingerprint density at radius 2 is 2.19 bits per heavy atom. The fourth-order valence-corrected chi connectivity index (χ4v) is 3.24. The summed E-state index contributed by atoms with van der Waals surface area (Å²) < 4.78 is 5.29. The number of nitrogens with one attached hydrogen (secondary N) is 2. The highest BCUT2D eigenvalue weighted by atomic mass is 16.5. The molecule has 3 rings (SSSR count).